The standard InChI is InChI=1S/C18H28N2O4S2/c1-14-6-5-7-15(2)20(14)26(23,24)18-12-10-17(11-13-18)25(21,22)19-16-8-3-4-9-16/h10-16,19H,3-9H2,1-2H3/t14-,15-/m0/s1. The van der Waals surface area contributed by atoms with Gasteiger partial charge in [0, 0.05) is 18.1 Å². The van der Waals surface area contributed by atoms with E-state index in [-0.39, 0.29) is 27.9 Å². The first-order valence-corrected chi connectivity index (χ1v) is 12.3. The molecule has 0 amide bonds. The van der Waals surface area contributed by atoms with Gasteiger partial charge in [-0.1, -0.05) is 19.3 Å². The van der Waals surface area contributed by atoms with E-state index in [0.717, 1.165) is 44.9 Å². The summed E-state index contributed by atoms with van der Waals surface area (Å²) in [5.41, 5.74) is 0. The van der Waals surface area contributed by atoms with Crippen molar-refractivity contribution < 1.29 is 16.8 Å². The van der Waals surface area contributed by atoms with Crippen molar-refractivity contribution in [3.63, 3.8) is 0 Å². The highest BCUT2D eigenvalue weighted by Gasteiger charge is 2.35. The van der Waals surface area contributed by atoms with Crippen LogP contribution in [0.15, 0.2) is 34.1 Å². The summed E-state index contributed by atoms with van der Waals surface area (Å²) in [5, 5.41) is 0. The number of nitrogens with one attached hydrogen (secondary N) is 1. The smallest absolute Gasteiger partial charge is 0.208 e. The van der Waals surface area contributed by atoms with E-state index in [9.17, 15) is 16.8 Å². The highest BCUT2D eigenvalue weighted by molar-refractivity contribution is 7.89. The minimum atomic E-state index is -3.63. The molecule has 1 aliphatic heterocycles. The third-order valence-electron chi connectivity index (χ3n) is 5.50. The van der Waals surface area contributed by atoms with Crippen LogP contribution in [-0.4, -0.2) is 39.3 Å². The molecular formula is C18H28N2O4S2. The minimum Gasteiger partial charge on any atom is -0.208 e. The molecule has 26 heavy (non-hydrogen) atoms. The molecule has 1 aromatic rings. The number of hydrogen-bond acceptors (Lipinski definition) is 4. The van der Waals surface area contributed by atoms with Crippen molar-refractivity contribution in [2.24, 2.45) is 0 Å². The zero-order valence-electron chi connectivity index (χ0n) is 15.4. The SMILES string of the molecule is C[C@H]1CCC[C@H](C)N1S(=O)(=O)c1ccc(S(=O)(=O)NC2CCCC2)cc1. The van der Waals surface area contributed by atoms with Gasteiger partial charge >= 0.3 is 0 Å². The van der Waals surface area contributed by atoms with E-state index in [1.807, 2.05) is 13.8 Å². The van der Waals surface area contributed by atoms with Gasteiger partial charge in [-0.05, 0) is 63.8 Å². The fraction of sp³-hybridized carbons (Fsp3) is 0.667. The molecule has 2 atom stereocenters. The van der Waals surface area contributed by atoms with Crippen LogP contribution in [0.25, 0.3) is 0 Å². The second kappa shape index (κ2) is 7.58. The first kappa shape index (κ1) is 19.8. The summed E-state index contributed by atoms with van der Waals surface area (Å²) in [4.78, 5) is 0.265. The molecule has 8 heteroatoms. The van der Waals surface area contributed by atoms with Crippen molar-refractivity contribution in [2.45, 2.75) is 86.7 Å². The summed E-state index contributed by atoms with van der Waals surface area (Å²) >= 11 is 0. The second-order valence-electron chi connectivity index (χ2n) is 7.54. The summed E-state index contributed by atoms with van der Waals surface area (Å²) in [6.07, 6.45) is 6.51. The summed E-state index contributed by atoms with van der Waals surface area (Å²) < 4.78 is 55.3. The van der Waals surface area contributed by atoms with Crippen LogP contribution in [0.2, 0.25) is 0 Å². The highest BCUT2D eigenvalue weighted by Crippen LogP contribution is 2.30. The van der Waals surface area contributed by atoms with E-state index in [1.165, 1.54) is 24.3 Å². The Morgan fingerprint density at radius 3 is 1.85 bits per heavy atom. The number of sulfonamides is 2. The molecule has 1 heterocycles. The molecular weight excluding hydrogens is 372 g/mol. The number of rotatable bonds is 5. The van der Waals surface area contributed by atoms with Gasteiger partial charge in [-0.15, -0.1) is 0 Å². The molecule has 6 nitrogen and oxygen atoms in total. The van der Waals surface area contributed by atoms with E-state index in [2.05, 4.69) is 4.72 Å². The lowest BCUT2D eigenvalue weighted by Crippen LogP contribution is -2.47. The second-order valence-corrected chi connectivity index (χ2v) is 11.1. The summed E-state index contributed by atoms with van der Waals surface area (Å²) in [6.45, 7) is 3.86. The van der Waals surface area contributed by atoms with Gasteiger partial charge in [-0.3, -0.25) is 0 Å². The van der Waals surface area contributed by atoms with Gasteiger partial charge in [0.1, 0.15) is 0 Å². The van der Waals surface area contributed by atoms with E-state index in [1.54, 1.807) is 4.31 Å². The van der Waals surface area contributed by atoms with Crippen molar-refractivity contribution >= 4 is 20.0 Å². The lowest BCUT2D eigenvalue weighted by Gasteiger charge is -2.37. The molecule has 2 aliphatic rings. The number of benzene rings is 1. The quantitative estimate of drug-likeness (QED) is 0.824. The molecule has 146 valence electrons. The van der Waals surface area contributed by atoms with E-state index in [4.69, 9.17) is 0 Å². The first-order chi connectivity index (χ1) is 12.2. The first-order valence-electron chi connectivity index (χ1n) is 9.38. The maximum atomic E-state index is 13.0. The Labute approximate surface area is 157 Å². The largest absolute Gasteiger partial charge is 0.243 e. The molecule has 1 aliphatic carbocycles. The summed E-state index contributed by atoms with van der Waals surface area (Å²) in [7, 11) is -7.24. The Morgan fingerprint density at radius 2 is 1.31 bits per heavy atom. The Kier molecular flexibility index (Phi) is 5.77. The van der Waals surface area contributed by atoms with Crippen LogP contribution < -0.4 is 4.72 Å². The van der Waals surface area contributed by atoms with Crippen molar-refractivity contribution in [3.8, 4) is 0 Å². The Morgan fingerprint density at radius 1 is 0.808 bits per heavy atom. The van der Waals surface area contributed by atoms with Crippen LogP contribution in [-0.2, 0) is 20.0 Å². The molecule has 0 aromatic heterocycles. The molecule has 1 N–H and O–H groups in total. The van der Waals surface area contributed by atoms with Gasteiger partial charge in [0.2, 0.25) is 20.0 Å². The zero-order valence-corrected chi connectivity index (χ0v) is 17.0. The molecule has 1 saturated carbocycles. The fourth-order valence-corrected chi connectivity index (χ4v) is 7.30. The zero-order chi connectivity index (χ0) is 18.9. The highest BCUT2D eigenvalue weighted by atomic mass is 32.2. The third kappa shape index (κ3) is 3.98. The van der Waals surface area contributed by atoms with Crippen LogP contribution in [0.4, 0.5) is 0 Å². The average Bonchev–Trinajstić information content (AvgIpc) is 3.07. The minimum absolute atomic E-state index is 0.0153. The van der Waals surface area contributed by atoms with Gasteiger partial charge in [0.15, 0.2) is 0 Å². The van der Waals surface area contributed by atoms with Crippen LogP contribution >= 0.6 is 0 Å². The van der Waals surface area contributed by atoms with Gasteiger partial charge in [-0.2, -0.15) is 4.31 Å². The van der Waals surface area contributed by atoms with Crippen molar-refractivity contribution in [3.05, 3.63) is 24.3 Å². The summed E-state index contributed by atoms with van der Waals surface area (Å²) in [5.74, 6) is 0. The number of piperidine rings is 1. The van der Waals surface area contributed by atoms with Crippen LogP contribution in [0.3, 0.4) is 0 Å². The predicted octanol–water partition coefficient (Wildman–Crippen LogP) is 2.86. The third-order valence-corrected chi connectivity index (χ3v) is 9.18. The van der Waals surface area contributed by atoms with E-state index < -0.39 is 20.0 Å². The molecule has 0 bridgehead atoms. The van der Waals surface area contributed by atoms with Crippen LogP contribution in [0.5, 0.6) is 0 Å². The monoisotopic (exact) mass is 400 g/mol. The van der Waals surface area contributed by atoms with E-state index >= 15 is 0 Å². The molecule has 2 fully saturated rings. The molecule has 0 unspecified atom stereocenters. The van der Waals surface area contributed by atoms with Crippen LogP contribution in [0.1, 0.15) is 58.8 Å². The van der Waals surface area contributed by atoms with E-state index in [0.29, 0.717) is 0 Å². The topological polar surface area (TPSA) is 83.6 Å². The Balaban J connectivity index is 1.82. The predicted molar refractivity (Wildman–Crippen MR) is 101 cm³/mol. The Bertz CT molecular complexity index is 818. The molecule has 0 radical (unpaired) electrons. The number of hydrogen-bond donors (Lipinski definition) is 1. The summed E-state index contributed by atoms with van der Waals surface area (Å²) in [6, 6.07) is 5.50. The molecule has 3 rings (SSSR count). The van der Waals surface area contributed by atoms with Crippen molar-refractivity contribution in [1.82, 2.24) is 9.03 Å². The van der Waals surface area contributed by atoms with Crippen molar-refractivity contribution in [1.29, 1.82) is 0 Å². The van der Waals surface area contributed by atoms with Crippen molar-refractivity contribution in [2.75, 3.05) is 0 Å². The van der Waals surface area contributed by atoms with Gasteiger partial charge in [-0.25, -0.2) is 21.6 Å². The average molecular weight is 401 g/mol. The van der Waals surface area contributed by atoms with Gasteiger partial charge < -0.3 is 0 Å². The lowest BCUT2D eigenvalue weighted by atomic mass is 10.0. The molecule has 0 spiro atoms. The normalized spacial score (nSPS) is 26.2. The number of nitrogens with zero attached hydrogens (tertiary/aromatic N) is 1. The lowest BCUT2D eigenvalue weighted by molar-refractivity contribution is 0.204. The van der Waals surface area contributed by atoms with Crippen LogP contribution in [0, 0.1) is 0 Å². The molecule has 1 saturated heterocycles. The maximum Gasteiger partial charge on any atom is 0.243 e. The fourth-order valence-electron chi connectivity index (χ4n) is 4.11. The van der Waals surface area contributed by atoms with Gasteiger partial charge in [0.25, 0.3) is 0 Å². The Hall–Kier alpha value is -0.960. The maximum absolute atomic E-state index is 13.0. The molecule has 1 aromatic carbocycles. The van der Waals surface area contributed by atoms with Gasteiger partial charge in [0.05, 0.1) is 9.79 Å².